The van der Waals surface area contributed by atoms with Crippen molar-refractivity contribution in [3.8, 4) is 0 Å². The van der Waals surface area contributed by atoms with Gasteiger partial charge in [-0.05, 0) is 19.8 Å². The fourth-order valence-electron chi connectivity index (χ4n) is 3.69. The monoisotopic (exact) mass is 293 g/mol. The van der Waals surface area contributed by atoms with Crippen molar-refractivity contribution in [2.24, 2.45) is 11.8 Å². The largest absolute Gasteiger partial charge is 0.465 e. The number of ether oxygens (including phenoxy) is 2. The maximum Gasteiger partial charge on any atom is 0.312 e. The van der Waals surface area contributed by atoms with Crippen LogP contribution in [-0.4, -0.2) is 47.7 Å². The third-order valence-electron chi connectivity index (χ3n) is 4.97. The summed E-state index contributed by atoms with van der Waals surface area (Å²) in [4.78, 5) is 26.9. The number of carbonyl (C=O) groups excluding carboxylic acids is 2. The Morgan fingerprint density at radius 3 is 3.00 bits per heavy atom. The molecule has 21 heavy (non-hydrogen) atoms. The maximum atomic E-state index is 12.8. The minimum atomic E-state index is -0.610. The molecule has 3 aliphatic rings. The number of nitrogens with zero attached hydrogens (tertiary/aromatic N) is 1. The molecule has 1 amide bonds. The lowest BCUT2D eigenvalue weighted by Gasteiger charge is -2.26. The first-order valence-electron chi connectivity index (χ1n) is 7.88. The Kier molecular flexibility index (Phi) is 3.56. The molecule has 5 atom stereocenters. The normalized spacial score (nSPS) is 38.0. The van der Waals surface area contributed by atoms with Crippen LogP contribution in [0, 0.1) is 11.8 Å². The number of esters is 1. The van der Waals surface area contributed by atoms with Crippen LogP contribution >= 0.6 is 0 Å². The Morgan fingerprint density at radius 2 is 2.33 bits per heavy atom. The third kappa shape index (κ3) is 2.01. The Hall–Kier alpha value is -1.36. The van der Waals surface area contributed by atoms with Gasteiger partial charge in [-0.2, -0.15) is 0 Å². The minimum Gasteiger partial charge on any atom is -0.465 e. The lowest BCUT2D eigenvalue weighted by atomic mass is 9.77. The van der Waals surface area contributed by atoms with Crippen LogP contribution in [0.25, 0.3) is 0 Å². The third-order valence-corrected chi connectivity index (χ3v) is 4.97. The van der Waals surface area contributed by atoms with Gasteiger partial charge in [0.05, 0.1) is 25.2 Å². The number of carbonyl (C=O) groups is 2. The second kappa shape index (κ2) is 5.13. The molecule has 0 unspecified atom stereocenters. The standard InChI is InChI=1S/C16H23NO4/c1-4-8-20-15(19)12-11-6-7-16(21-11)9-17(10(3)5-2)14(18)13(12)16/h6-7,10-13H,4-5,8-9H2,1-3H3/t10-,11+,12-,13-,16+/m0/s1. The number of likely N-dealkylation sites (tertiary alicyclic amines) is 1. The van der Waals surface area contributed by atoms with Gasteiger partial charge in [-0.1, -0.05) is 26.0 Å². The van der Waals surface area contributed by atoms with E-state index in [4.69, 9.17) is 9.47 Å². The van der Waals surface area contributed by atoms with E-state index in [9.17, 15) is 9.59 Å². The fraction of sp³-hybridized carbons (Fsp3) is 0.750. The molecule has 2 fully saturated rings. The maximum absolute atomic E-state index is 12.8. The van der Waals surface area contributed by atoms with E-state index in [1.54, 1.807) is 0 Å². The van der Waals surface area contributed by atoms with Crippen molar-refractivity contribution in [3.05, 3.63) is 12.2 Å². The summed E-state index contributed by atoms with van der Waals surface area (Å²) in [5, 5.41) is 0. The minimum absolute atomic E-state index is 0.0367. The summed E-state index contributed by atoms with van der Waals surface area (Å²) < 4.78 is 11.3. The first-order valence-corrected chi connectivity index (χ1v) is 7.88. The van der Waals surface area contributed by atoms with Crippen LogP contribution in [0.2, 0.25) is 0 Å². The number of fused-ring (bicyclic) bond motifs is 1. The van der Waals surface area contributed by atoms with Crippen molar-refractivity contribution < 1.29 is 19.1 Å². The highest BCUT2D eigenvalue weighted by molar-refractivity contribution is 5.91. The molecule has 3 aliphatic heterocycles. The first-order chi connectivity index (χ1) is 10.0. The van der Waals surface area contributed by atoms with Gasteiger partial charge in [0.15, 0.2) is 0 Å². The highest BCUT2D eigenvalue weighted by Crippen LogP contribution is 2.52. The van der Waals surface area contributed by atoms with Crippen LogP contribution in [-0.2, 0) is 19.1 Å². The predicted molar refractivity (Wildman–Crippen MR) is 76.4 cm³/mol. The van der Waals surface area contributed by atoms with Gasteiger partial charge < -0.3 is 14.4 Å². The van der Waals surface area contributed by atoms with E-state index < -0.39 is 17.4 Å². The highest BCUT2D eigenvalue weighted by Gasteiger charge is 2.67. The summed E-state index contributed by atoms with van der Waals surface area (Å²) >= 11 is 0. The average molecular weight is 293 g/mol. The van der Waals surface area contributed by atoms with Gasteiger partial charge >= 0.3 is 5.97 Å². The second-order valence-electron chi connectivity index (χ2n) is 6.29. The Balaban J connectivity index is 1.85. The zero-order valence-corrected chi connectivity index (χ0v) is 12.9. The van der Waals surface area contributed by atoms with E-state index in [2.05, 4.69) is 6.92 Å². The molecule has 2 saturated heterocycles. The van der Waals surface area contributed by atoms with E-state index >= 15 is 0 Å². The fourth-order valence-corrected chi connectivity index (χ4v) is 3.69. The molecule has 3 rings (SSSR count). The van der Waals surface area contributed by atoms with Crippen LogP contribution < -0.4 is 0 Å². The zero-order valence-electron chi connectivity index (χ0n) is 12.9. The number of amides is 1. The molecule has 5 heteroatoms. The van der Waals surface area contributed by atoms with E-state index in [1.807, 2.05) is 30.9 Å². The van der Waals surface area contributed by atoms with Crippen LogP contribution in [0.3, 0.4) is 0 Å². The van der Waals surface area contributed by atoms with Crippen molar-refractivity contribution >= 4 is 11.9 Å². The molecule has 0 aromatic carbocycles. The molecule has 3 heterocycles. The summed E-state index contributed by atoms with van der Waals surface area (Å²) in [6.45, 7) is 7.00. The predicted octanol–water partition coefficient (Wildman–Crippen LogP) is 1.52. The molecule has 1 spiro atoms. The lowest BCUT2D eigenvalue weighted by molar-refractivity contribution is -0.154. The number of rotatable bonds is 5. The smallest absolute Gasteiger partial charge is 0.312 e. The van der Waals surface area contributed by atoms with Gasteiger partial charge in [0.2, 0.25) is 5.91 Å². The van der Waals surface area contributed by atoms with Crippen LogP contribution in [0.5, 0.6) is 0 Å². The van der Waals surface area contributed by atoms with Gasteiger partial charge in [-0.15, -0.1) is 0 Å². The van der Waals surface area contributed by atoms with Crippen molar-refractivity contribution in [1.82, 2.24) is 4.90 Å². The summed E-state index contributed by atoms with van der Waals surface area (Å²) in [6.07, 6.45) is 5.27. The molecule has 5 nitrogen and oxygen atoms in total. The van der Waals surface area contributed by atoms with E-state index in [-0.39, 0.29) is 24.0 Å². The molecule has 0 radical (unpaired) electrons. The van der Waals surface area contributed by atoms with Crippen LogP contribution in [0.4, 0.5) is 0 Å². The van der Waals surface area contributed by atoms with Crippen molar-refractivity contribution in [3.63, 3.8) is 0 Å². The molecule has 0 aromatic heterocycles. The zero-order chi connectivity index (χ0) is 15.2. The van der Waals surface area contributed by atoms with E-state index in [1.165, 1.54) is 0 Å². The average Bonchev–Trinajstić information content (AvgIpc) is 3.12. The van der Waals surface area contributed by atoms with Gasteiger partial charge in [0, 0.05) is 6.04 Å². The van der Waals surface area contributed by atoms with E-state index in [0.717, 1.165) is 12.8 Å². The number of hydrogen-bond acceptors (Lipinski definition) is 4. The molecule has 0 saturated carbocycles. The quantitative estimate of drug-likeness (QED) is 0.569. The number of hydrogen-bond donors (Lipinski definition) is 0. The van der Waals surface area contributed by atoms with Crippen molar-refractivity contribution in [2.45, 2.75) is 51.4 Å². The van der Waals surface area contributed by atoms with Gasteiger partial charge in [0.1, 0.15) is 11.5 Å². The topological polar surface area (TPSA) is 55.8 Å². The molecule has 0 N–H and O–H groups in total. The van der Waals surface area contributed by atoms with Gasteiger partial charge in [-0.3, -0.25) is 9.59 Å². The first kappa shape index (κ1) is 14.6. The Labute approximate surface area is 125 Å². The lowest BCUT2D eigenvalue weighted by Crippen LogP contribution is -2.41. The SMILES string of the molecule is CCCOC(=O)[C@@H]1[C@H]2C(=O)N([C@@H](C)CC)C[C@]23C=C[C@H]1O3. The summed E-state index contributed by atoms with van der Waals surface area (Å²) in [7, 11) is 0. The van der Waals surface area contributed by atoms with Gasteiger partial charge in [-0.25, -0.2) is 0 Å². The van der Waals surface area contributed by atoms with E-state index in [0.29, 0.717) is 13.2 Å². The molecular weight excluding hydrogens is 270 g/mol. The van der Waals surface area contributed by atoms with Crippen molar-refractivity contribution in [1.29, 1.82) is 0 Å². The molecule has 2 bridgehead atoms. The molecule has 0 aliphatic carbocycles. The van der Waals surface area contributed by atoms with Crippen LogP contribution in [0.15, 0.2) is 12.2 Å². The summed E-state index contributed by atoms with van der Waals surface area (Å²) in [5.74, 6) is -1.15. The second-order valence-corrected chi connectivity index (χ2v) is 6.29. The molecular formula is C16H23NO4. The molecule has 0 aromatic rings. The van der Waals surface area contributed by atoms with Crippen molar-refractivity contribution in [2.75, 3.05) is 13.2 Å². The summed E-state index contributed by atoms with van der Waals surface area (Å²) in [5.41, 5.74) is -0.610. The Bertz CT molecular complexity index is 489. The highest BCUT2D eigenvalue weighted by atomic mass is 16.6. The van der Waals surface area contributed by atoms with Crippen LogP contribution in [0.1, 0.15) is 33.6 Å². The molecule has 116 valence electrons. The van der Waals surface area contributed by atoms with Gasteiger partial charge in [0.25, 0.3) is 0 Å². The summed E-state index contributed by atoms with van der Waals surface area (Å²) in [6, 6.07) is 0.167. The Morgan fingerprint density at radius 1 is 1.57 bits per heavy atom.